The highest BCUT2D eigenvalue weighted by atomic mass is 15.3. The normalized spacial score (nSPS) is 10.8. The Kier molecular flexibility index (Phi) is 3.52. The first-order valence-corrected chi connectivity index (χ1v) is 7.11. The molecule has 0 amide bonds. The van der Waals surface area contributed by atoms with E-state index in [4.69, 9.17) is 0 Å². The Bertz CT molecular complexity index is 738. The van der Waals surface area contributed by atoms with E-state index in [9.17, 15) is 0 Å². The van der Waals surface area contributed by atoms with Crippen molar-refractivity contribution < 1.29 is 0 Å². The van der Waals surface area contributed by atoms with Crippen LogP contribution in [0.4, 0.5) is 5.69 Å². The average molecular weight is 280 g/mol. The van der Waals surface area contributed by atoms with Crippen LogP contribution in [0.5, 0.6) is 0 Å². The molecule has 3 aromatic rings. The minimum atomic E-state index is 0.792. The summed E-state index contributed by atoms with van der Waals surface area (Å²) >= 11 is 0. The number of aromatic nitrogens is 3. The smallest absolute Gasteiger partial charge is 0.0646 e. The second-order valence-corrected chi connectivity index (χ2v) is 5.27. The van der Waals surface area contributed by atoms with Gasteiger partial charge in [-0.3, -0.25) is 4.68 Å². The molecule has 0 aliphatic heterocycles. The maximum absolute atomic E-state index is 4.45. The molecule has 4 nitrogen and oxygen atoms in total. The predicted molar refractivity (Wildman–Crippen MR) is 85.8 cm³/mol. The standard InChI is InChI=1S/C17H20N4/c1-13-17(14(2)20(3)19-13)12-18-15-7-6-8-16(11-15)21-9-4-5-10-21/h4-11,18H,12H2,1-3H3. The quantitative estimate of drug-likeness (QED) is 0.794. The Morgan fingerprint density at radius 2 is 1.86 bits per heavy atom. The summed E-state index contributed by atoms with van der Waals surface area (Å²) in [6.07, 6.45) is 4.10. The Morgan fingerprint density at radius 1 is 1.10 bits per heavy atom. The summed E-state index contributed by atoms with van der Waals surface area (Å²) in [7, 11) is 1.98. The molecule has 0 unspecified atom stereocenters. The Morgan fingerprint density at radius 3 is 2.52 bits per heavy atom. The van der Waals surface area contributed by atoms with Crippen molar-refractivity contribution in [2.24, 2.45) is 7.05 Å². The van der Waals surface area contributed by atoms with Crippen molar-refractivity contribution in [1.29, 1.82) is 0 Å². The first-order valence-electron chi connectivity index (χ1n) is 7.11. The molecular weight excluding hydrogens is 260 g/mol. The van der Waals surface area contributed by atoms with E-state index in [1.54, 1.807) is 0 Å². The van der Waals surface area contributed by atoms with Gasteiger partial charge in [0.1, 0.15) is 0 Å². The van der Waals surface area contributed by atoms with Crippen LogP contribution in [0.3, 0.4) is 0 Å². The van der Waals surface area contributed by atoms with E-state index in [0.717, 1.165) is 23.6 Å². The van der Waals surface area contributed by atoms with Crippen molar-refractivity contribution in [1.82, 2.24) is 14.3 Å². The molecule has 0 aliphatic rings. The van der Waals surface area contributed by atoms with E-state index in [1.165, 1.54) is 11.3 Å². The second-order valence-electron chi connectivity index (χ2n) is 5.27. The molecule has 108 valence electrons. The summed E-state index contributed by atoms with van der Waals surface area (Å²) in [5.74, 6) is 0. The summed E-state index contributed by atoms with van der Waals surface area (Å²) in [6, 6.07) is 12.5. The number of hydrogen-bond donors (Lipinski definition) is 1. The maximum atomic E-state index is 4.45. The minimum absolute atomic E-state index is 0.792. The number of nitrogens with one attached hydrogen (secondary N) is 1. The molecule has 0 atom stereocenters. The first kappa shape index (κ1) is 13.5. The average Bonchev–Trinajstić information content (AvgIpc) is 3.08. The van der Waals surface area contributed by atoms with Crippen LogP contribution >= 0.6 is 0 Å². The molecular formula is C17H20N4. The van der Waals surface area contributed by atoms with E-state index < -0.39 is 0 Å². The van der Waals surface area contributed by atoms with Crippen molar-refractivity contribution in [2.45, 2.75) is 20.4 Å². The Hall–Kier alpha value is -2.49. The highest BCUT2D eigenvalue weighted by Gasteiger charge is 2.08. The van der Waals surface area contributed by atoms with E-state index >= 15 is 0 Å². The van der Waals surface area contributed by atoms with E-state index in [0.29, 0.717) is 0 Å². The van der Waals surface area contributed by atoms with Crippen molar-refractivity contribution in [3.63, 3.8) is 0 Å². The van der Waals surface area contributed by atoms with Gasteiger partial charge in [-0.2, -0.15) is 5.10 Å². The molecule has 3 rings (SSSR count). The van der Waals surface area contributed by atoms with Gasteiger partial charge >= 0.3 is 0 Å². The van der Waals surface area contributed by atoms with Gasteiger partial charge in [-0.1, -0.05) is 6.07 Å². The molecule has 1 N–H and O–H groups in total. The van der Waals surface area contributed by atoms with Gasteiger partial charge in [0, 0.05) is 48.6 Å². The van der Waals surface area contributed by atoms with Gasteiger partial charge in [0.15, 0.2) is 0 Å². The van der Waals surface area contributed by atoms with Gasteiger partial charge in [-0.25, -0.2) is 0 Å². The summed E-state index contributed by atoms with van der Waals surface area (Å²) < 4.78 is 4.04. The second kappa shape index (κ2) is 5.48. The fourth-order valence-electron chi connectivity index (χ4n) is 2.55. The zero-order chi connectivity index (χ0) is 14.8. The van der Waals surface area contributed by atoms with Crippen molar-refractivity contribution in [3.8, 4) is 5.69 Å². The van der Waals surface area contributed by atoms with Gasteiger partial charge in [0.2, 0.25) is 0 Å². The Balaban J connectivity index is 1.78. The summed E-state index contributed by atoms with van der Waals surface area (Å²) in [5, 5.41) is 7.95. The summed E-state index contributed by atoms with van der Waals surface area (Å²) in [5.41, 5.74) is 5.84. The maximum Gasteiger partial charge on any atom is 0.0646 e. The molecule has 0 aliphatic carbocycles. The molecule has 1 aromatic carbocycles. The number of anilines is 1. The number of nitrogens with zero attached hydrogens (tertiary/aromatic N) is 3. The number of rotatable bonds is 4. The third-order valence-electron chi connectivity index (χ3n) is 3.88. The third-order valence-corrected chi connectivity index (χ3v) is 3.88. The van der Waals surface area contributed by atoms with Crippen LogP contribution in [-0.2, 0) is 13.6 Å². The van der Waals surface area contributed by atoms with Gasteiger partial charge in [-0.15, -0.1) is 0 Å². The lowest BCUT2D eigenvalue weighted by Crippen LogP contribution is -2.03. The van der Waals surface area contributed by atoms with Crippen LogP contribution in [0.1, 0.15) is 17.0 Å². The molecule has 2 aromatic heterocycles. The number of hydrogen-bond acceptors (Lipinski definition) is 2. The molecule has 2 heterocycles. The molecule has 0 spiro atoms. The third kappa shape index (κ3) is 2.70. The topological polar surface area (TPSA) is 34.8 Å². The van der Waals surface area contributed by atoms with Crippen LogP contribution in [0.2, 0.25) is 0 Å². The molecule has 21 heavy (non-hydrogen) atoms. The lowest BCUT2D eigenvalue weighted by Gasteiger charge is -2.09. The lowest BCUT2D eigenvalue weighted by atomic mass is 10.2. The van der Waals surface area contributed by atoms with Crippen molar-refractivity contribution in [3.05, 3.63) is 65.7 Å². The first-order chi connectivity index (χ1) is 10.1. The molecule has 0 saturated heterocycles. The lowest BCUT2D eigenvalue weighted by molar-refractivity contribution is 0.730. The van der Waals surface area contributed by atoms with Gasteiger partial charge in [-0.05, 0) is 44.2 Å². The highest BCUT2D eigenvalue weighted by molar-refractivity contribution is 5.51. The van der Waals surface area contributed by atoms with Gasteiger partial charge in [0.25, 0.3) is 0 Å². The summed E-state index contributed by atoms with van der Waals surface area (Å²) in [4.78, 5) is 0. The van der Waals surface area contributed by atoms with Gasteiger partial charge < -0.3 is 9.88 Å². The molecule has 0 bridgehead atoms. The van der Waals surface area contributed by atoms with E-state index in [1.807, 2.05) is 23.9 Å². The fourth-order valence-corrected chi connectivity index (χ4v) is 2.55. The number of benzene rings is 1. The predicted octanol–water partition coefficient (Wildman–Crippen LogP) is 3.44. The SMILES string of the molecule is Cc1nn(C)c(C)c1CNc1cccc(-n2cccc2)c1. The van der Waals surface area contributed by atoms with E-state index in [-0.39, 0.29) is 0 Å². The van der Waals surface area contributed by atoms with Gasteiger partial charge in [0.05, 0.1) is 5.69 Å². The molecule has 4 heteroatoms. The molecule has 0 fully saturated rings. The number of aryl methyl sites for hydroxylation is 2. The van der Waals surface area contributed by atoms with Crippen molar-refractivity contribution >= 4 is 5.69 Å². The molecule has 0 radical (unpaired) electrons. The highest BCUT2D eigenvalue weighted by Crippen LogP contribution is 2.18. The zero-order valence-corrected chi connectivity index (χ0v) is 12.7. The Labute approximate surface area is 125 Å². The van der Waals surface area contributed by atoms with Crippen LogP contribution < -0.4 is 5.32 Å². The van der Waals surface area contributed by atoms with Crippen LogP contribution in [0.15, 0.2) is 48.8 Å². The van der Waals surface area contributed by atoms with Crippen LogP contribution in [0.25, 0.3) is 5.69 Å². The monoisotopic (exact) mass is 280 g/mol. The largest absolute Gasteiger partial charge is 0.381 e. The summed E-state index contributed by atoms with van der Waals surface area (Å²) in [6.45, 7) is 4.95. The minimum Gasteiger partial charge on any atom is -0.381 e. The van der Waals surface area contributed by atoms with E-state index in [2.05, 4.69) is 65.5 Å². The molecule has 0 saturated carbocycles. The fraction of sp³-hybridized carbons (Fsp3) is 0.235. The van der Waals surface area contributed by atoms with Crippen LogP contribution in [0, 0.1) is 13.8 Å². The zero-order valence-electron chi connectivity index (χ0n) is 12.7. The van der Waals surface area contributed by atoms with Crippen LogP contribution in [-0.4, -0.2) is 14.3 Å². The van der Waals surface area contributed by atoms with Crippen molar-refractivity contribution in [2.75, 3.05) is 5.32 Å².